The van der Waals surface area contributed by atoms with Gasteiger partial charge in [-0.25, -0.2) is 9.48 Å². The molecule has 0 fully saturated rings. The van der Waals surface area contributed by atoms with E-state index in [-0.39, 0.29) is 23.9 Å². The summed E-state index contributed by atoms with van der Waals surface area (Å²) < 4.78 is 6.94. The van der Waals surface area contributed by atoms with Crippen LogP contribution in [0.4, 0.5) is 16.3 Å². The molecule has 3 rings (SSSR count). The lowest BCUT2D eigenvalue weighted by Gasteiger charge is -2.23. The molecule has 3 amide bonds. The van der Waals surface area contributed by atoms with Gasteiger partial charge in [-0.05, 0) is 69.0 Å². The van der Waals surface area contributed by atoms with Gasteiger partial charge < -0.3 is 20.3 Å². The van der Waals surface area contributed by atoms with Crippen molar-refractivity contribution < 1.29 is 14.3 Å². The van der Waals surface area contributed by atoms with Crippen LogP contribution in [0.25, 0.3) is 5.69 Å². The van der Waals surface area contributed by atoms with E-state index in [0.29, 0.717) is 31.1 Å². The number of aromatic nitrogens is 2. The molecule has 3 aromatic rings. The molecule has 0 aliphatic rings. The van der Waals surface area contributed by atoms with Crippen LogP contribution < -0.4 is 10.6 Å². The van der Waals surface area contributed by atoms with Crippen LogP contribution in [0.3, 0.4) is 0 Å². The summed E-state index contributed by atoms with van der Waals surface area (Å²) in [6, 6.07) is 13.5. The summed E-state index contributed by atoms with van der Waals surface area (Å²) in [5, 5.41) is 10.8. The van der Waals surface area contributed by atoms with Crippen molar-refractivity contribution in [3.8, 4) is 5.69 Å². The first-order chi connectivity index (χ1) is 17.9. The third kappa shape index (κ3) is 7.44. The number of nitrogens with one attached hydrogen (secondary N) is 2. The van der Waals surface area contributed by atoms with E-state index in [0.717, 1.165) is 33.6 Å². The van der Waals surface area contributed by atoms with Crippen molar-refractivity contribution in [2.75, 3.05) is 37.4 Å². The first kappa shape index (κ1) is 28.9. The zero-order valence-electron chi connectivity index (χ0n) is 23.9. The number of rotatable bonds is 9. The van der Waals surface area contributed by atoms with Crippen molar-refractivity contribution >= 4 is 23.4 Å². The van der Waals surface area contributed by atoms with Gasteiger partial charge in [-0.2, -0.15) is 5.10 Å². The highest BCUT2D eigenvalue weighted by molar-refractivity contribution is 5.96. The van der Waals surface area contributed by atoms with Crippen molar-refractivity contribution in [3.05, 3.63) is 70.4 Å². The first-order valence-corrected chi connectivity index (χ1v) is 13.0. The van der Waals surface area contributed by atoms with E-state index in [9.17, 15) is 9.59 Å². The predicted molar refractivity (Wildman–Crippen MR) is 153 cm³/mol. The van der Waals surface area contributed by atoms with E-state index >= 15 is 0 Å². The molecular weight excluding hydrogens is 478 g/mol. The number of ether oxygens (including phenoxy) is 1. The summed E-state index contributed by atoms with van der Waals surface area (Å²) in [6.07, 6.45) is 0.610. The topological polar surface area (TPSA) is 88.5 Å². The number of amides is 3. The van der Waals surface area contributed by atoms with Crippen molar-refractivity contribution in [1.29, 1.82) is 0 Å². The van der Waals surface area contributed by atoms with Gasteiger partial charge in [-0.3, -0.25) is 4.79 Å². The number of aryl methyl sites for hydroxylation is 4. The maximum Gasteiger partial charge on any atom is 0.322 e. The molecule has 0 saturated carbocycles. The lowest BCUT2D eigenvalue weighted by Crippen LogP contribution is -2.41. The van der Waals surface area contributed by atoms with Crippen LogP contribution in [0.15, 0.2) is 42.5 Å². The maximum atomic E-state index is 13.3. The van der Waals surface area contributed by atoms with E-state index in [2.05, 4.69) is 37.5 Å². The van der Waals surface area contributed by atoms with Gasteiger partial charge in [0.1, 0.15) is 12.4 Å². The van der Waals surface area contributed by atoms with Gasteiger partial charge in [0.15, 0.2) is 0 Å². The molecule has 2 aromatic carbocycles. The number of nitrogens with zero attached hydrogens (tertiary/aromatic N) is 3. The second-order valence-corrected chi connectivity index (χ2v) is 10.9. The normalized spacial score (nSPS) is 11.4. The molecule has 1 heterocycles. The second-order valence-electron chi connectivity index (χ2n) is 10.9. The number of hydrogen-bond acceptors (Lipinski definition) is 4. The quantitative estimate of drug-likeness (QED) is 0.344. The average Bonchev–Trinajstić information content (AvgIpc) is 3.24. The van der Waals surface area contributed by atoms with Gasteiger partial charge in [0.25, 0.3) is 0 Å². The fraction of sp³-hybridized carbons (Fsp3) is 0.433. The average molecular weight is 520 g/mol. The maximum absolute atomic E-state index is 13.3. The van der Waals surface area contributed by atoms with Crippen molar-refractivity contribution in [2.45, 2.75) is 60.3 Å². The number of benzene rings is 2. The minimum atomic E-state index is -0.335. The zero-order valence-corrected chi connectivity index (χ0v) is 23.9. The Balaban J connectivity index is 1.84. The fourth-order valence-electron chi connectivity index (χ4n) is 4.09. The molecule has 0 aliphatic heterocycles. The van der Waals surface area contributed by atoms with Gasteiger partial charge in [0.05, 0.1) is 11.4 Å². The fourth-order valence-corrected chi connectivity index (χ4v) is 4.09. The van der Waals surface area contributed by atoms with Gasteiger partial charge in [0, 0.05) is 37.4 Å². The molecule has 8 heteroatoms. The standard InChI is InChI=1S/C30H41N5O3/c1-20-10-13-25(23(4)16-20)35-27(18-26(33-35)30(5,6)7)32-28(36)19-34(14-9-15-38-8)29(37)31-24-12-11-21(2)22(3)17-24/h10-13,16-18H,9,14-15,19H2,1-8H3,(H,31,37)(H,32,36). The minimum absolute atomic E-state index is 0.108. The summed E-state index contributed by atoms with van der Waals surface area (Å²) in [5.41, 5.74) is 6.68. The third-order valence-corrected chi connectivity index (χ3v) is 6.48. The molecule has 2 N–H and O–H groups in total. The van der Waals surface area contributed by atoms with Gasteiger partial charge >= 0.3 is 6.03 Å². The Morgan fingerprint density at radius 2 is 1.68 bits per heavy atom. The smallest absolute Gasteiger partial charge is 0.322 e. The van der Waals surface area contributed by atoms with E-state index < -0.39 is 0 Å². The highest BCUT2D eigenvalue weighted by atomic mass is 16.5. The number of anilines is 2. The largest absolute Gasteiger partial charge is 0.385 e. The lowest BCUT2D eigenvalue weighted by atomic mass is 9.92. The highest BCUT2D eigenvalue weighted by Gasteiger charge is 2.24. The van der Waals surface area contributed by atoms with E-state index in [1.807, 2.05) is 64.1 Å². The highest BCUT2D eigenvalue weighted by Crippen LogP contribution is 2.28. The molecule has 8 nitrogen and oxygen atoms in total. The Labute approximate surface area is 226 Å². The molecule has 204 valence electrons. The van der Waals surface area contributed by atoms with E-state index in [1.54, 1.807) is 11.8 Å². The Morgan fingerprint density at radius 3 is 2.32 bits per heavy atom. The van der Waals surface area contributed by atoms with E-state index in [1.165, 1.54) is 4.90 Å². The predicted octanol–water partition coefficient (Wildman–Crippen LogP) is 5.91. The number of hydrogen-bond donors (Lipinski definition) is 2. The summed E-state index contributed by atoms with van der Waals surface area (Å²) in [4.78, 5) is 28.0. The third-order valence-electron chi connectivity index (χ3n) is 6.48. The van der Waals surface area contributed by atoms with Crippen LogP contribution in [0.5, 0.6) is 0 Å². The van der Waals surface area contributed by atoms with Crippen molar-refractivity contribution in [2.24, 2.45) is 0 Å². The van der Waals surface area contributed by atoms with Crippen LogP contribution in [0.2, 0.25) is 0 Å². The van der Waals surface area contributed by atoms with Crippen molar-refractivity contribution in [1.82, 2.24) is 14.7 Å². The summed E-state index contributed by atoms with van der Waals surface area (Å²) in [7, 11) is 1.62. The molecule has 0 spiro atoms. The molecule has 0 bridgehead atoms. The second kappa shape index (κ2) is 12.3. The lowest BCUT2D eigenvalue weighted by molar-refractivity contribution is -0.116. The molecule has 0 aliphatic carbocycles. The molecule has 0 atom stereocenters. The van der Waals surface area contributed by atoms with Gasteiger partial charge in [-0.1, -0.05) is 44.5 Å². The van der Waals surface area contributed by atoms with Gasteiger partial charge in [0.2, 0.25) is 5.91 Å². The minimum Gasteiger partial charge on any atom is -0.385 e. The van der Waals surface area contributed by atoms with Crippen LogP contribution in [-0.2, 0) is 14.9 Å². The molecule has 0 radical (unpaired) electrons. The number of urea groups is 1. The van der Waals surface area contributed by atoms with Crippen LogP contribution in [0.1, 0.15) is 55.1 Å². The molecule has 1 aromatic heterocycles. The summed E-state index contributed by atoms with van der Waals surface area (Å²) >= 11 is 0. The Kier molecular flexibility index (Phi) is 9.33. The zero-order chi connectivity index (χ0) is 28.0. The van der Waals surface area contributed by atoms with Crippen LogP contribution >= 0.6 is 0 Å². The monoisotopic (exact) mass is 519 g/mol. The first-order valence-electron chi connectivity index (χ1n) is 13.0. The number of carbonyl (C=O) groups is 2. The Hall–Kier alpha value is -3.65. The molecule has 0 unspecified atom stereocenters. The number of carbonyl (C=O) groups excluding carboxylic acids is 2. The van der Waals surface area contributed by atoms with Crippen molar-refractivity contribution in [3.63, 3.8) is 0 Å². The Morgan fingerprint density at radius 1 is 0.947 bits per heavy atom. The van der Waals surface area contributed by atoms with E-state index in [4.69, 9.17) is 9.84 Å². The van der Waals surface area contributed by atoms with Crippen LogP contribution in [0, 0.1) is 27.7 Å². The van der Waals surface area contributed by atoms with Gasteiger partial charge in [-0.15, -0.1) is 0 Å². The van der Waals surface area contributed by atoms with Crippen LogP contribution in [-0.4, -0.2) is 53.4 Å². The molecule has 38 heavy (non-hydrogen) atoms. The number of methoxy groups -OCH3 is 1. The molecule has 0 saturated heterocycles. The summed E-state index contributed by atoms with van der Waals surface area (Å²) in [5.74, 6) is 0.266. The molecular formula is C30H41N5O3. The summed E-state index contributed by atoms with van der Waals surface area (Å²) in [6.45, 7) is 15.1. The SMILES string of the molecule is COCCCN(CC(=O)Nc1cc(C(C)(C)C)nn1-c1ccc(C)cc1C)C(=O)Nc1ccc(C)c(C)c1. The Bertz CT molecular complexity index is 1290.